The Kier molecular flexibility index (Phi) is 11.2. The van der Waals surface area contributed by atoms with E-state index in [4.69, 9.17) is 28.7 Å². The third-order valence-electron chi connectivity index (χ3n) is 15.8. The lowest BCUT2D eigenvalue weighted by molar-refractivity contribution is -0.384. The van der Waals surface area contributed by atoms with E-state index in [9.17, 15) is 23.3 Å². The molecule has 0 unspecified atom stereocenters. The van der Waals surface area contributed by atoms with E-state index >= 15 is 0 Å². The summed E-state index contributed by atoms with van der Waals surface area (Å²) in [5.41, 5.74) is 5.41. The zero-order chi connectivity index (χ0) is 47.0. The maximum Gasteiger partial charge on any atom is 0.297 e. The van der Waals surface area contributed by atoms with Gasteiger partial charge in [-0.3, -0.25) is 19.8 Å². The van der Waals surface area contributed by atoms with Crippen LogP contribution in [-0.2, 0) is 24.2 Å². The van der Waals surface area contributed by atoms with Crippen LogP contribution in [0.3, 0.4) is 0 Å². The first kappa shape index (κ1) is 44.2. The van der Waals surface area contributed by atoms with E-state index in [1.54, 1.807) is 12.3 Å². The summed E-state index contributed by atoms with van der Waals surface area (Å²) in [5.74, 6) is -0.567. The average molecular weight is 961 g/mol. The summed E-state index contributed by atoms with van der Waals surface area (Å²) in [7, 11) is -4.71. The van der Waals surface area contributed by atoms with Gasteiger partial charge in [-0.2, -0.15) is 4.98 Å². The van der Waals surface area contributed by atoms with E-state index in [2.05, 4.69) is 60.9 Å². The van der Waals surface area contributed by atoms with Crippen LogP contribution in [0.5, 0.6) is 11.6 Å². The number of aromatic amines is 1. The van der Waals surface area contributed by atoms with Gasteiger partial charge in [-0.1, -0.05) is 24.3 Å². The normalized spacial score (nSPS) is 25.7. The number of rotatable bonds is 9. The Morgan fingerprint density at radius 2 is 1.75 bits per heavy atom. The molecule has 3 aromatic carbocycles. The molecule has 1 aliphatic carbocycles. The molecule has 4 saturated heterocycles. The molecule has 18 nitrogen and oxygen atoms in total. The summed E-state index contributed by atoms with van der Waals surface area (Å²) in [6.07, 6.45) is 8.44. The van der Waals surface area contributed by atoms with E-state index in [0.717, 1.165) is 49.6 Å². The number of amides is 1. The third kappa shape index (κ3) is 8.01. The van der Waals surface area contributed by atoms with Crippen molar-refractivity contribution in [3.8, 4) is 11.6 Å². The topological polar surface area (TPSA) is 203 Å². The zero-order valence-electron chi connectivity index (χ0n) is 38.4. The number of nitro benzene ring substituents is 1. The number of nitrogens with one attached hydrogen (secondary N) is 3. The van der Waals surface area contributed by atoms with E-state index in [0.29, 0.717) is 67.8 Å². The van der Waals surface area contributed by atoms with Gasteiger partial charge in [-0.15, -0.1) is 0 Å². The Labute approximate surface area is 399 Å². The number of anilines is 4. The highest BCUT2D eigenvalue weighted by atomic mass is 32.2. The minimum Gasteiger partial charge on any atom is -0.489 e. The molecule has 5 atom stereocenters. The second-order valence-corrected chi connectivity index (χ2v) is 21.4. The lowest BCUT2D eigenvalue weighted by Crippen LogP contribution is -2.55. The van der Waals surface area contributed by atoms with Gasteiger partial charge >= 0.3 is 0 Å². The van der Waals surface area contributed by atoms with Gasteiger partial charge in [-0.05, 0) is 105 Å². The molecule has 0 radical (unpaired) electrons. The van der Waals surface area contributed by atoms with Gasteiger partial charge in [0.1, 0.15) is 30.1 Å². The van der Waals surface area contributed by atoms with Crippen molar-refractivity contribution < 1.29 is 41.8 Å². The van der Waals surface area contributed by atoms with Crippen molar-refractivity contribution in [1.29, 1.82) is 0 Å². The van der Waals surface area contributed by atoms with Crippen molar-refractivity contribution in [1.82, 2.24) is 19.6 Å². The summed E-state index contributed by atoms with van der Waals surface area (Å²) in [5, 5.41) is 16.4. The summed E-state index contributed by atoms with van der Waals surface area (Å²) in [6, 6.07) is 20.7. The van der Waals surface area contributed by atoms with Gasteiger partial charge < -0.3 is 43.8 Å². The van der Waals surface area contributed by atoms with Crippen LogP contribution in [0.1, 0.15) is 72.5 Å². The van der Waals surface area contributed by atoms with Crippen LogP contribution in [0, 0.1) is 22.5 Å². The predicted octanol–water partition coefficient (Wildman–Crippen LogP) is 6.76. The van der Waals surface area contributed by atoms with Gasteiger partial charge in [-0.25, -0.2) is 13.1 Å². The quantitative estimate of drug-likeness (QED) is 0.103. The first-order valence-electron chi connectivity index (χ1n) is 24.2. The summed E-state index contributed by atoms with van der Waals surface area (Å²) >= 11 is 0. The van der Waals surface area contributed by atoms with Gasteiger partial charge in [0.25, 0.3) is 21.6 Å². The number of likely N-dealkylation sites (tertiary alicyclic amines) is 1. The number of hydrogen-bond acceptors (Lipinski definition) is 15. The highest BCUT2D eigenvalue weighted by Crippen LogP contribution is 2.55. The van der Waals surface area contributed by atoms with Crippen LogP contribution in [-0.4, -0.2) is 124 Å². The number of H-pyrrole nitrogens is 1. The summed E-state index contributed by atoms with van der Waals surface area (Å²) in [6.45, 7) is 6.96. The number of carbonyl (C=O) groups excluding carboxylic acids is 1. The van der Waals surface area contributed by atoms with Crippen LogP contribution in [0.25, 0.3) is 11.0 Å². The molecule has 1 saturated carbocycles. The van der Waals surface area contributed by atoms with E-state index in [1.807, 2.05) is 24.3 Å². The fraction of sp³-hybridized carbons (Fsp3) is 0.480. The number of benzene rings is 3. The Bertz CT molecular complexity index is 2930. The number of ether oxygens (including phenoxy) is 5. The Morgan fingerprint density at radius 1 is 0.928 bits per heavy atom. The standard InChI is InChI=1S/C50H56N8O10S/c1-30-5-2-3-6-35(30)38-7-4-15-56(38)33-25-50(26-33)12-16-55(17-13-50)32-8-9-36(40(22-32)57-39-11-18-64-29-45(39)68-49-42(57)21-31-10-14-51-47(31)53-49)48(59)54-69(62,63)34-23-41(58(60)61)46-43(24-34)67-27-37(52-46)44-28-65-19-20-66-44/h2-3,5-6,8-10,14,21-24,33,37-39,44-45,52H,4,7,11-13,15-20,25-29H2,1H3,(H,51,53)(H,54,59)/t37-,38-,39-,44+,45-/m0/s1. The summed E-state index contributed by atoms with van der Waals surface area (Å²) in [4.78, 5) is 41.3. The molecule has 8 heterocycles. The Morgan fingerprint density at radius 3 is 2.57 bits per heavy atom. The number of hydrogen-bond donors (Lipinski definition) is 3. The van der Waals surface area contributed by atoms with E-state index in [-0.39, 0.29) is 41.7 Å². The SMILES string of the molecule is Cc1ccccc1[C@@H]1CCCN1C1CC2(CCN(c3ccc(C(=O)NS(=O)(=O)c4cc5c(c([N+](=O)[O-])c4)N[C@H]([C@H]4COCCO4)CO5)c(N4c5cc6cc[nH]c6nc5O[C@H]5COCC[C@@H]54)c3)CC2)C1. The second kappa shape index (κ2) is 17.4. The second-order valence-electron chi connectivity index (χ2n) is 19.7. The first-order valence-corrected chi connectivity index (χ1v) is 25.7. The van der Waals surface area contributed by atoms with Crippen molar-refractivity contribution in [3.05, 3.63) is 99.7 Å². The first-order chi connectivity index (χ1) is 33.5. The molecule has 7 aliphatic rings. The predicted molar refractivity (Wildman–Crippen MR) is 256 cm³/mol. The molecule has 19 heteroatoms. The molecule has 69 heavy (non-hydrogen) atoms. The highest BCUT2D eigenvalue weighted by molar-refractivity contribution is 7.90. The van der Waals surface area contributed by atoms with Crippen LogP contribution in [0.15, 0.2) is 77.8 Å². The molecule has 5 fully saturated rings. The van der Waals surface area contributed by atoms with Crippen LogP contribution in [0.2, 0.25) is 0 Å². The van der Waals surface area contributed by atoms with Crippen molar-refractivity contribution in [2.24, 2.45) is 5.41 Å². The van der Waals surface area contributed by atoms with Crippen molar-refractivity contribution in [2.45, 2.75) is 93.1 Å². The molecule has 1 spiro atoms. The smallest absolute Gasteiger partial charge is 0.297 e. The van der Waals surface area contributed by atoms with Crippen molar-refractivity contribution in [3.63, 3.8) is 0 Å². The van der Waals surface area contributed by atoms with Crippen LogP contribution < -0.4 is 29.3 Å². The van der Waals surface area contributed by atoms with Gasteiger partial charge in [0.05, 0.1) is 59.6 Å². The maximum absolute atomic E-state index is 14.7. The molecule has 12 rings (SSSR count). The van der Waals surface area contributed by atoms with Crippen molar-refractivity contribution >= 4 is 55.4 Å². The fourth-order valence-electron chi connectivity index (χ4n) is 12.1. The number of fused-ring (bicyclic) bond motifs is 4. The maximum atomic E-state index is 14.7. The van der Waals surface area contributed by atoms with Crippen LogP contribution >= 0.6 is 0 Å². The minimum atomic E-state index is -4.71. The number of pyridine rings is 1. The molecule has 1 amide bonds. The largest absolute Gasteiger partial charge is 0.489 e. The van der Waals surface area contributed by atoms with Crippen LogP contribution in [0.4, 0.5) is 28.4 Å². The van der Waals surface area contributed by atoms with E-state index < -0.39 is 49.7 Å². The van der Waals surface area contributed by atoms with Gasteiger partial charge in [0, 0.05) is 61.2 Å². The van der Waals surface area contributed by atoms with Gasteiger partial charge in [0.15, 0.2) is 11.4 Å². The molecular formula is C50H56N8O10S. The number of piperidine rings is 1. The third-order valence-corrected chi connectivity index (χ3v) is 17.1. The number of sulfonamides is 1. The monoisotopic (exact) mass is 960 g/mol. The molecule has 2 aromatic heterocycles. The molecular weight excluding hydrogens is 905 g/mol. The number of nitrogens with zero attached hydrogens (tertiary/aromatic N) is 5. The molecule has 5 aromatic rings. The molecule has 0 bridgehead atoms. The zero-order valence-corrected chi connectivity index (χ0v) is 39.2. The van der Waals surface area contributed by atoms with Crippen molar-refractivity contribution in [2.75, 3.05) is 74.4 Å². The molecule has 6 aliphatic heterocycles. The minimum absolute atomic E-state index is 0.0230. The molecule has 3 N–H and O–H groups in total. The van der Waals surface area contributed by atoms with E-state index in [1.165, 1.54) is 42.9 Å². The lowest BCUT2D eigenvalue weighted by atomic mass is 9.59. The number of nitro groups is 1. The number of carbonyl (C=O) groups is 1. The lowest BCUT2D eigenvalue weighted by Gasteiger charge is -2.56. The Hall–Kier alpha value is -5.99. The fourth-order valence-corrected chi connectivity index (χ4v) is 13.1. The average Bonchev–Trinajstić information content (AvgIpc) is 4.04. The van der Waals surface area contributed by atoms with Gasteiger partial charge in [0.2, 0.25) is 5.88 Å². The Balaban J connectivity index is 0.845. The number of aromatic nitrogens is 2. The highest BCUT2D eigenvalue weighted by Gasteiger charge is 2.50. The number of aryl methyl sites for hydroxylation is 1. The summed E-state index contributed by atoms with van der Waals surface area (Å²) < 4.78 is 60.5. The molecule has 362 valence electrons.